The van der Waals surface area contributed by atoms with Crippen molar-refractivity contribution in [3.63, 3.8) is 0 Å². The third-order valence-corrected chi connectivity index (χ3v) is 6.08. The Kier molecular flexibility index (Phi) is 6.09. The van der Waals surface area contributed by atoms with E-state index in [4.69, 9.17) is 4.74 Å². The fraction of sp³-hybridized carbons (Fsp3) is 0.278. The normalized spacial score (nSPS) is 10.7. The Balaban J connectivity index is 1.86. The van der Waals surface area contributed by atoms with E-state index in [0.717, 1.165) is 27.2 Å². The Labute approximate surface area is 172 Å². The summed E-state index contributed by atoms with van der Waals surface area (Å²) in [6.45, 7) is 3.26. The number of hydrogen-bond acceptors (Lipinski definition) is 9. The number of anilines is 1. The van der Waals surface area contributed by atoms with Gasteiger partial charge >= 0.3 is 11.9 Å². The third kappa shape index (κ3) is 4.05. The van der Waals surface area contributed by atoms with E-state index in [0.29, 0.717) is 21.0 Å². The van der Waals surface area contributed by atoms with Gasteiger partial charge in [-0.05, 0) is 30.9 Å². The van der Waals surface area contributed by atoms with Gasteiger partial charge in [0.25, 0.3) is 5.56 Å². The molecular formula is C18H17N3O6S2. The maximum atomic E-state index is 12.8. The zero-order valence-corrected chi connectivity index (χ0v) is 17.4. The molecular weight excluding hydrogens is 418 g/mol. The number of fused-ring (bicyclic) bond motifs is 1. The van der Waals surface area contributed by atoms with Gasteiger partial charge in [-0.3, -0.25) is 14.2 Å². The van der Waals surface area contributed by atoms with Crippen LogP contribution in [0.3, 0.4) is 0 Å². The lowest BCUT2D eigenvalue weighted by molar-refractivity contribution is -0.116. The van der Waals surface area contributed by atoms with E-state index in [1.54, 1.807) is 25.3 Å². The molecule has 3 aromatic rings. The number of ether oxygens (including phenoxy) is 2. The van der Waals surface area contributed by atoms with E-state index in [2.05, 4.69) is 15.0 Å². The maximum absolute atomic E-state index is 12.8. The first-order valence-electron chi connectivity index (χ1n) is 8.48. The summed E-state index contributed by atoms with van der Waals surface area (Å²) >= 11 is 2.21. The molecule has 0 unspecified atom stereocenters. The van der Waals surface area contributed by atoms with Crippen molar-refractivity contribution in [3.8, 4) is 0 Å². The van der Waals surface area contributed by atoms with Crippen LogP contribution < -0.4 is 10.9 Å². The summed E-state index contributed by atoms with van der Waals surface area (Å²) in [5, 5.41) is 4.52. The minimum absolute atomic E-state index is 0.223. The monoisotopic (exact) mass is 435 g/mol. The quantitative estimate of drug-likeness (QED) is 0.591. The first-order valence-corrected chi connectivity index (χ1v) is 10.2. The second-order valence-electron chi connectivity index (χ2n) is 5.84. The predicted octanol–water partition coefficient (Wildman–Crippen LogP) is 2.43. The minimum atomic E-state index is -0.559. The first-order chi connectivity index (χ1) is 13.9. The van der Waals surface area contributed by atoms with E-state index in [1.165, 1.54) is 13.4 Å². The van der Waals surface area contributed by atoms with Crippen LogP contribution in [0.15, 0.2) is 22.6 Å². The number of aryl methyl sites for hydroxylation is 1. The van der Waals surface area contributed by atoms with Gasteiger partial charge in [0.1, 0.15) is 21.1 Å². The molecule has 0 atom stereocenters. The summed E-state index contributed by atoms with van der Waals surface area (Å²) in [5.41, 5.74) is 0.347. The fourth-order valence-corrected chi connectivity index (χ4v) is 4.46. The van der Waals surface area contributed by atoms with Crippen molar-refractivity contribution in [3.05, 3.63) is 43.4 Å². The third-order valence-electron chi connectivity index (χ3n) is 4.00. The molecule has 1 N–H and O–H groups in total. The van der Waals surface area contributed by atoms with Gasteiger partial charge in [0, 0.05) is 0 Å². The highest BCUT2D eigenvalue weighted by molar-refractivity contribution is 7.20. The van der Waals surface area contributed by atoms with E-state index in [1.807, 2.05) is 0 Å². The van der Waals surface area contributed by atoms with Crippen LogP contribution in [0, 0.1) is 6.92 Å². The minimum Gasteiger partial charge on any atom is -0.465 e. The second-order valence-corrected chi connectivity index (χ2v) is 7.75. The summed E-state index contributed by atoms with van der Waals surface area (Å²) in [6, 6.07) is 1.58. The number of nitrogens with one attached hydrogen (secondary N) is 1. The molecule has 0 radical (unpaired) electrons. The lowest BCUT2D eigenvalue weighted by Crippen LogP contribution is -2.28. The van der Waals surface area contributed by atoms with E-state index >= 15 is 0 Å². The number of hydrogen-bond donors (Lipinski definition) is 1. The van der Waals surface area contributed by atoms with Gasteiger partial charge in [0.15, 0.2) is 0 Å². The van der Waals surface area contributed by atoms with Crippen molar-refractivity contribution >= 4 is 56.4 Å². The zero-order valence-electron chi connectivity index (χ0n) is 15.8. The van der Waals surface area contributed by atoms with Gasteiger partial charge in [0.2, 0.25) is 5.91 Å². The number of thiophene rings is 2. The van der Waals surface area contributed by atoms with Gasteiger partial charge < -0.3 is 14.8 Å². The summed E-state index contributed by atoms with van der Waals surface area (Å²) < 4.78 is 10.8. The van der Waals surface area contributed by atoms with E-state index in [9.17, 15) is 19.2 Å². The molecule has 0 saturated carbocycles. The molecule has 0 saturated heterocycles. The molecule has 29 heavy (non-hydrogen) atoms. The number of amides is 1. The van der Waals surface area contributed by atoms with Crippen molar-refractivity contribution in [2.75, 3.05) is 19.0 Å². The number of nitrogens with zero attached hydrogens (tertiary/aromatic N) is 2. The second kappa shape index (κ2) is 8.53. The zero-order chi connectivity index (χ0) is 21.1. The van der Waals surface area contributed by atoms with Crippen molar-refractivity contribution in [1.29, 1.82) is 0 Å². The molecule has 1 amide bonds. The molecule has 0 bridgehead atoms. The summed E-state index contributed by atoms with van der Waals surface area (Å²) in [5.74, 6) is -1.57. The highest BCUT2D eigenvalue weighted by atomic mass is 32.1. The number of rotatable bonds is 6. The molecule has 9 nitrogen and oxygen atoms in total. The molecule has 3 aromatic heterocycles. The number of methoxy groups -OCH3 is 1. The highest BCUT2D eigenvalue weighted by Gasteiger charge is 2.21. The van der Waals surface area contributed by atoms with Crippen LogP contribution in [0.5, 0.6) is 0 Å². The van der Waals surface area contributed by atoms with Crippen molar-refractivity contribution < 1.29 is 23.9 Å². The summed E-state index contributed by atoms with van der Waals surface area (Å²) in [6.07, 6.45) is 1.25. The van der Waals surface area contributed by atoms with Crippen molar-refractivity contribution in [2.24, 2.45) is 0 Å². The molecule has 0 aliphatic heterocycles. The molecule has 11 heteroatoms. The average Bonchev–Trinajstić information content (AvgIpc) is 3.28. The Bertz CT molecular complexity index is 1160. The summed E-state index contributed by atoms with van der Waals surface area (Å²) in [7, 11) is 1.25. The Morgan fingerprint density at radius 1 is 1.24 bits per heavy atom. The molecule has 0 fully saturated rings. The van der Waals surface area contributed by atoms with Gasteiger partial charge in [0.05, 0.1) is 31.1 Å². The lowest BCUT2D eigenvalue weighted by atomic mass is 10.2. The number of aromatic nitrogens is 2. The van der Waals surface area contributed by atoms with Crippen LogP contribution in [0.4, 0.5) is 5.69 Å². The van der Waals surface area contributed by atoms with E-state index < -0.39 is 23.4 Å². The molecule has 0 spiro atoms. The van der Waals surface area contributed by atoms with Crippen molar-refractivity contribution in [2.45, 2.75) is 20.4 Å². The van der Waals surface area contributed by atoms with Gasteiger partial charge in [-0.25, -0.2) is 14.6 Å². The lowest BCUT2D eigenvalue weighted by Gasteiger charge is -2.07. The van der Waals surface area contributed by atoms with Crippen LogP contribution in [0.1, 0.15) is 31.8 Å². The first kappa shape index (κ1) is 20.7. The summed E-state index contributed by atoms with van der Waals surface area (Å²) in [4.78, 5) is 54.2. The maximum Gasteiger partial charge on any atom is 0.350 e. The van der Waals surface area contributed by atoms with Crippen molar-refractivity contribution in [1.82, 2.24) is 9.55 Å². The topological polar surface area (TPSA) is 117 Å². The highest BCUT2D eigenvalue weighted by Crippen LogP contribution is 2.27. The van der Waals surface area contributed by atoms with Crippen LogP contribution in [0.25, 0.3) is 10.2 Å². The van der Waals surface area contributed by atoms with Crippen LogP contribution in [-0.4, -0.2) is 41.1 Å². The molecule has 0 aliphatic rings. The molecule has 0 aromatic carbocycles. The predicted molar refractivity (Wildman–Crippen MR) is 109 cm³/mol. The van der Waals surface area contributed by atoms with Crippen LogP contribution in [0.2, 0.25) is 0 Å². The van der Waals surface area contributed by atoms with Gasteiger partial charge in [-0.1, -0.05) is 0 Å². The number of esters is 2. The van der Waals surface area contributed by atoms with Crippen LogP contribution >= 0.6 is 22.7 Å². The smallest absolute Gasteiger partial charge is 0.350 e. The Hall–Kier alpha value is -3.05. The SMILES string of the molecule is CCOC(=O)c1sc2ncn(CC(=O)Nc3ccsc3C(=O)OC)c(=O)c2c1C. The molecule has 152 valence electrons. The largest absolute Gasteiger partial charge is 0.465 e. The molecule has 0 aliphatic carbocycles. The molecule has 3 heterocycles. The Morgan fingerprint density at radius 2 is 2.00 bits per heavy atom. The molecule has 3 rings (SSSR count). The van der Waals surface area contributed by atoms with Gasteiger partial charge in [-0.15, -0.1) is 22.7 Å². The standard InChI is InChI=1S/C18H17N3O6S2/c1-4-27-18(25)13-9(2)12-15(29-13)19-8-21(16(12)23)7-11(22)20-10-5-6-28-14(10)17(24)26-3/h5-6,8H,4,7H2,1-3H3,(H,20,22). The average molecular weight is 435 g/mol. The van der Waals surface area contributed by atoms with Crippen LogP contribution in [-0.2, 0) is 20.8 Å². The van der Waals surface area contributed by atoms with E-state index in [-0.39, 0.29) is 23.4 Å². The number of carbonyl (C=O) groups excluding carboxylic acids is 3. The Morgan fingerprint density at radius 3 is 2.69 bits per heavy atom. The van der Waals surface area contributed by atoms with Gasteiger partial charge in [-0.2, -0.15) is 0 Å². The fourth-order valence-electron chi connectivity index (χ4n) is 2.67. The number of carbonyl (C=O) groups is 3.